The van der Waals surface area contributed by atoms with Crippen molar-refractivity contribution in [2.75, 3.05) is 11.4 Å². The Morgan fingerprint density at radius 3 is 2.13 bits per heavy atom. The number of aryl methyl sites for hydroxylation is 1. The highest BCUT2D eigenvalue weighted by molar-refractivity contribution is 7.48. The van der Waals surface area contributed by atoms with Crippen molar-refractivity contribution in [3.05, 3.63) is 95.2 Å². The Kier molecular flexibility index (Phi) is 7.54. The van der Waals surface area contributed by atoms with Gasteiger partial charge >= 0.3 is 13.9 Å². The normalized spacial score (nSPS) is 13.5. The van der Waals surface area contributed by atoms with Crippen molar-refractivity contribution in [1.82, 2.24) is 4.98 Å². The summed E-state index contributed by atoms with van der Waals surface area (Å²) >= 11 is 0. The molecule has 5 rings (SSSR count). The molecule has 1 aliphatic rings. The predicted octanol–water partition coefficient (Wildman–Crippen LogP) is 7.69. The van der Waals surface area contributed by atoms with Crippen LogP contribution in [0.4, 0.5) is 10.5 Å². The van der Waals surface area contributed by atoms with Gasteiger partial charge in [-0.05, 0) is 56.4 Å². The standard InChI is InChI=1S/C30H33N2O6P/c1-21-18-31-28-26(17-25-24(27(21)28)15-16-32(25)29(33)37-30(2,3)4)38-39(34,35-19-22-11-7-5-8-12-22)36-20-23-13-9-6-10-14-23/h5-14,17-18,31H,15-16,19-20H2,1-4H3. The van der Waals surface area contributed by atoms with Crippen molar-refractivity contribution in [1.29, 1.82) is 0 Å². The van der Waals surface area contributed by atoms with Gasteiger partial charge in [-0.2, -0.15) is 0 Å². The molecular weight excluding hydrogens is 515 g/mol. The minimum absolute atomic E-state index is 0.0365. The van der Waals surface area contributed by atoms with Crippen LogP contribution in [0.25, 0.3) is 10.9 Å². The molecule has 1 amide bonds. The number of nitrogens with zero attached hydrogens (tertiary/aromatic N) is 1. The molecule has 0 radical (unpaired) electrons. The van der Waals surface area contributed by atoms with E-state index in [0.717, 1.165) is 27.6 Å². The van der Waals surface area contributed by atoms with Crippen LogP contribution in [0.3, 0.4) is 0 Å². The Hall–Kier alpha value is -3.58. The van der Waals surface area contributed by atoms with Crippen molar-refractivity contribution in [2.45, 2.75) is 52.9 Å². The maximum Gasteiger partial charge on any atom is 0.530 e. The molecule has 0 spiro atoms. The van der Waals surface area contributed by atoms with E-state index in [1.165, 1.54) is 0 Å². The van der Waals surface area contributed by atoms with Gasteiger partial charge in [-0.3, -0.25) is 13.9 Å². The van der Waals surface area contributed by atoms with Gasteiger partial charge in [-0.15, -0.1) is 0 Å². The molecule has 4 aromatic rings. The van der Waals surface area contributed by atoms with E-state index in [9.17, 15) is 9.36 Å². The van der Waals surface area contributed by atoms with E-state index >= 15 is 0 Å². The van der Waals surface area contributed by atoms with Crippen molar-refractivity contribution in [3.8, 4) is 5.75 Å². The Balaban J connectivity index is 1.50. The van der Waals surface area contributed by atoms with Crippen LogP contribution in [0.2, 0.25) is 0 Å². The average molecular weight is 549 g/mol. The average Bonchev–Trinajstić information content (AvgIpc) is 3.50. The Labute approximate surface area is 228 Å². The third-order valence-electron chi connectivity index (χ3n) is 6.37. The number of carbonyl (C=O) groups is 1. The molecule has 9 heteroatoms. The van der Waals surface area contributed by atoms with Crippen molar-refractivity contribution in [2.24, 2.45) is 0 Å². The third-order valence-corrected chi connectivity index (χ3v) is 7.68. The lowest BCUT2D eigenvalue weighted by atomic mass is 10.0. The summed E-state index contributed by atoms with van der Waals surface area (Å²) in [7, 11) is -4.12. The Bertz CT molecular complexity index is 1460. The topological polar surface area (TPSA) is 90.1 Å². The monoisotopic (exact) mass is 548 g/mol. The fourth-order valence-electron chi connectivity index (χ4n) is 4.60. The number of carbonyl (C=O) groups excluding carboxylic acids is 1. The number of H-pyrrole nitrogens is 1. The lowest BCUT2D eigenvalue weighted by Gasteiger charge is -2.25. The van der Waals surface area contributed by atoms with Gasteiger partial charge in [0.15, 0.2) is 5.75 Å². The molecule has 1 aliphatic heterocycles. The first kappa shape index (κ1) is 27.0. The van der Waals surface area contributed by atoms with Gasteiger partial charge in [-0.1, -0.05) is 60.7 Å². The number of hydrogen-bond donors (Lipinski definition) is 1. The second kappa shape index (κ2) is 10.9. The molecule has 8 nitrogen and oxygen atoms in total. The number of amides is 1. The number of hydrogen-bond acceptors (Lipinski definition) is 6. The van der Waals surface area contributed by atoms with Crippen LogP contribution in [0.1, 0.15) is 43.0 Å². The second-order valence-corrected chi connectivity index (χ2v) is 12.1. The first-order valence-corrected chi connectivity index (χ1v) is 14.4. The molecule has 0 saturated carbocycles. The van der Waals surface area contributed by atoms with Crippen LogP contribution < -0.4 is 9.42 Å². The summed E-state index contributed by atoms with van der Waals surface area (Å²) in [4.78, 5) is 17.9. The highest BCUT2D eigenvalue weighted by atomic mass is 31.2. The smallest absolute Gasteiger partial charge is 0.443 e. The highest BCUT2D eigenvalue weighted by Crippen LogP contribution is 2.54. The number of benzene rings is 3. The van der Waals surface area contributed by atoms with E-state index in [2.05, 4.69) is 4.98 Å². The van der Waals surface area contributed by atoms with Crippen LogP contribution in [-0.2, 0) is 38.0 Å². The Morgan fingerprint density at radius 1 is 0.974 bits per heavy atom. The first-order valence-electron chi connectivity index (χ1n) is 12.9. The SMILES string of the molecule is Cc1c[nH]c2c(OP(=O)(OCc3ccccc3)OCc3ccccc3)cc3c(c12)CCN3C(=O)OC(C)(C)C. The summed E-state index contributed by atoms with van der Waals surface area (Å²) in [6.45, 7) is 8.03. The molecule has 0 atom stereocenters. The number of phosphoric acid groups is 1. The molecule has 0 aliphatic carbocycles. The number of phosphoric ester groups is 1. The minimum atomic E-state index is -4.12. The Morgan fingerprint density at radius 2 is 1.56 bits per heavy atom. The summed E-state index contributed by atoms with van der Waals surface area (Å²) in [6.07, 6.45) is 2.09. The molecule has 1 N–H and O–H groups in total. The predicted molar refractivity (Wildman–Crippen MR) is 151 cm³/mol. The van der Waals surface area contributed by atoms with Crippen molar-refractivity contribution >= 4 is 30.5 Å². The van der Waals surface area contributed by atoms with Crippen LogP contribution in [0, 0.1) is 6.92 Å². The number of ether oxygens (including phenoxy) is 1. The van der Waals surface area contributed by atoms with Gasteiger partial charge in [0.1, 0.15) is 5.60 Å². The molecule has 0 bridgehead atoms. The molecule has 39 heavy (non-hydrogen) atoms. The number of fused-ring (bicyclic) bond motifs is 3. The summed E-state index contributed by atoms with van der Waals surface area (Å²) in [5.41, 5.74) is 4.34. The first-order chi connectivity index (χ1) is 18.6. The highest BCUT2D eigenvalue weighted by Gasteiger charge is 2.35. The molecule has 0 saturated heterocycles. The molecule has 0 unspecified atom stereocenters. The quantitative estimate of drug-likeness (QED) is 0.227. The lowest BCUT2D eigenvalue weighted by Crippen LogP contribution is -2.35. The number of aromatic amines is 1. The van der Waals surface area contributed by atoms with Gasteiger partial charge in [0, 0.05) is 24.2 Å². The summed E-state index contributed by atoms with van der Waals surface area (Å²) < 4.78 is 37.6. The van der Waals surface area contributed by atoms with Crippen molar-refractivity contribution in [3.63, 3.8) is 0 Å². The largest absolute Gasteiger partial charge is 0.530 e. The molecule has 3 aromatic carbocycles. The van der Waals surface area contributed by atoms with E-state index in [1.54, 1.807) is 11.0 Å². The van der Waals surface area contributed by atoms with Gasteiger partial charge in [0.25, 0.3) is 0 Å². The maximum absolute atomic E-state index is 14.1. The number of anilines is 1. The lowest BCUT2D eigenvalue weighted by molar-refractivity contribution is 0.0584. The van der Waals surface area contributed by atoms with Gasteiger partial charge < -0.3 is 14.2 Å². The molecule has 0 fully saturated rings. The second-order valence-electron chi connectivity index (χ2n) is 10.5. The number of nitrogens with one attached hydrogen (secondary N) is 1. The fraction of sp³-hybridized carbons (Fsp3) is 0.300. The zero-order chi connectivity index (χ0) is 27.6. The van der Waals surface area contributed by atoms with E-state index in [1.807, 2.05) is 94.6 Å². The summed E-state index contributed by atoms with van der Waals surface area (Å²) in [5, 5.41) is 0.922. The molecular formula is C30H33N2O6P. The van der Waals surface area contributed by atoms with E-state index in [-0.39, 0.29) is 19.0 Å². The third kappa shape index (κ3) is 6.19. The van der Waals surface area contributed by atoms with E-state index in [0.29, 0.717) is 24.2 Å². The van der Waals surface area contributed by atoms with Gasteiger partial charge in [0.05, 0.1) is 24.4 Å². The number of aromatic nitrogens is 1. The van der Waals surface area contributed by atoms with Crippen LogP contribution >= 0.6 is 7.82 Å². The zero-order valence-electron chi connectivity index (χ0n) is 22.6. The van der Waals surface area contributed by atoms with E-state index in [4.69, 9.17) is 18.3 Å². The molecule has 2 heterocycles. The molecule has 204 valence electrons. The molecule has 1 aromatic heterocycles. The van der Waals surface area contributed by atoms with Gasteiger partial charge in [0.2, 0.25) is 0 Å². The minimum Gasteiger partial charge on any atom is -0.443 e. The maximum atomic E-state index is 14.1. The van der Waals surface area contributed by atoms with E-state index < -0.39 is 19.5 Å². The van der Waals surface area contributed by atoms with Crippen molar-refractivity contribution < 1.29 is 27.7 Å². The zero-order valence-corrected chi connectivity index (χ0v) is 23.5. The van der Waals surface area contributed by atoms with Gasteiger partial charge in [-0.25, -0.2) is 9.36 Å². The summed E-state index contributed by atoms with van der Waals surface area (Å²) in [6, 6.07) is 20.5. The fourth-order valence-corrected chi connectivity index (χ4v) is 5.78. The van der Waals surface area contributed by atoms with Crippen LogP contribution in [0.5, 0.6) is 5.75 Å². The van der Waals surface area contributed by atoms with Crippen LogP contribution in [0.15, 0.2) is 72.9 Å². The number of rotatable bonds is 8. The summed E-state index contributed by atoms with van der Waals surface area (Å²) in [5.74, 6) is 0.275. The van der Waals surface area contributed by atoms with Crippen LogP contribution in [-0.4, -0.2) is 23.2 Å².